The lowest BCUT2D eigenvalue weighted by Gasteiger charge is -2.13. The zero-order valence-corrected chi connectivity index (χ0v) is 15.9. The Kier molecular flexibility index (Phi) is 4.50. The molecule has 3 aromatic rings. The molecule has 7 heteroatoms. The van der Waals surface area contributed by atoms with Gasteiger partial charge in [0.05, 0.1) is 18.5 Å². The van der Waals surface area contributed by atoms with E-state index in [1.54, 1.807) is 18.1 Å². The molecule has 4 rings (SSSR count). The SMILES string of the molecule is C=CCN1CC(c2cc(=O)n3[nH]c(-c4cccc(OC)c4)c(C)c3n2)CC1=O. The molecule has 28 heavy (non-hydrogen) atoms. The number of benzene rings is 1. The Bertz CT molecular complexity index is 1130. The number of hydrogen-bond donors (Lipinski definition) is 1. The Morgan fingerprint density at radius 2 is 2.18 bits per heavy atom. The van der Waals surface area contributed by atoms with Gasteiger partial charge in [-0.05, 0) is 19.1 Å². The number of aromatic amines is 1. The number of aryl methyl sites for hydroxylation is 1. The zero-order valence-electron chi connectivity index (χ0n) is 15.9. The average Bonchev–Trinajstić information content (AvgIpc) is 3.23. The monoisotopic (exact) mass is 378 g/mol. The minimum Gasteiger partial charge on any atom is -0.497 e. The molecule has 1 unspecified atom stereocenters. The molecule has 7 nitrogen and oxygen atoms in total. The number of nitrogens with one attached hydrogen (secondary N) is 1. The van der Waals surface area contributed by atoms with Gasteiger partial charge in [0.25, 0.3) is 5.56 Å². The number of ether oxygens (including phenoxy) is 1. The molecule has 1 fully saturated rings. The highest BCUT2D eigenvalue weighted by Crippen LogP contribution is 2.29. The first-order chi connectivity index (χ1) is 13.5. The number of fused-ring (bicyclic) bond motifs is 1. The van der Waals surface area contributed by atoms with Crippen molar-refractivity contribution in [2.75, 3.05) is 20.2 Å². The molecule has 0 bridgehead atoms. The van der Waals surface area contributed by atoms with E-state index in [1.807, 2.05) is 31.2 Å². The van der Waals surface area contributed by atoms with Crippen LogP contribution in [0.2, 0.25) is 0 Å². The number of hydrogen-bond acceptors (Lipinski definition) is 4. The fourth-order valence-corrected chi connectivity index (χ4v) is 3.74. The lowest BCUT2D eigenvalue weighted by molar-refractivity contribution is -0.127. The third-order valence-corrected chi connectivity index (χ3v) is 5.21. The second-order valence-electron chi connectivity index (χ2n) is 7.01. The number of carbonyl (C=O) groups excluding carboxylic acids is 1. The largest absolute Gasteiger partial charge is 0.497 e. The van der Waals surface area contributed by atoms with Crippen LogP contribution in [-0.4, -0.2) is 45.6 Å². The molecule has 0 spiro atoms. The van der Waals surface area contributed by atoms with Crippen molar-refractivity contribution >= 4 is 11.6 Å². The molecule has 1 aliphatic rings. The Morgan fingerprint density at radius 1 is 1.36 bits per heavy atom. The Labute approximate surface area is 162 Å². The van der Waals surface area contributed by atoms with Gasteiger partial charge in [-0.15, -0.1) is 6.58 Å². The van der Waals surface area contributed by atoms with Crippen LogP contribution in [0.4, 0.5) is 0 Å². The quantitative estimate of drug-likeness (QED) is 0.692. The van der Waals surface area contributed by atoms with E-state index in [-0.39, 0.29) is 17.4 Å². The summed E-state index contributed by atoms with van der Waals surface area (Å²) in [6.07, 6.45) is 2.07. The van der Waals surface area contributed by atoms with E-state index in [2.05, 4.69) is 11.7 Å². The number of aromatic nitrogens is 3. The van der Waals surface area contributed by atoms with Crippen LogP contribution in [0.25, 0.3) is 16.9 Å². The standard InChI is InChI=1S/C21H22N4O3/c1-4-8-24-12-15(10-18(24)26)17-11-19(27)25-21(22-17)13(2)20(23-25)14-6-5-7-16(9-14)28-3/h4-7,9,11,15,23H,1,8,10,12H2,2-3H3. The van der Waals surface area contributed by atoms with Gasteiger partial charge < -0.3 is 9.64 Å². The van der Waals surface area contributed by atoms with Crippen LogP contribution < -0.4 is 10.3 Å². The number of amides is 1. The Hall–Kier alpha value is -3.35. The van der Waals surface area contributed by atoms with E-state index < -0.39 is 0 Å². The zero-order chi connectivity index (χ0) is 19.8. The molecule has 1 amide bonds. The number of H-pyrrole nitrogens is 1. The number of nitrogens with zero attached hydrogens (tertiary/aromatic N) is 3. The highest BCUT2D eigenvalue weighted by Gasteiger charge is 2.31. The summed E-state index contributed by atoms with van der Waals surface area (Å²) in [5, 5.41) is 3.15. The molecule has 1 saturated heterocycles. The molecule has 2 aromatic heterocycles. The molecule has 144 valence electrons. The molecule has 1 aromatic carbocycles. The van der Waals surface area contributed by atoms with E-state index in [0.29, 0.717) is 30.9 Å². The van der Waals surface area contributed by atoms with Gasteiger partial charge in [-0.1, -0.05) is 18.2 Å². The number of rotatable bonds is 5. The molecule has 1 N–H and O–H groups in total. The van der Waals surface area contributed by atoms with Crippen LogP contribution in [0.1, 0.15) is 23.6 Å². The first kappa shape index (κ1) is 18.0. The Balaban J connectivity index is 1.77. The van der Waals surface area contributed by atoms with Crippen LogP contribution >= 0.6 is 0 Å². The third kappa shape index (κ3) is 2.98. The minimum atomic E-state index is -0.188. The molecule has 0 aliphatic carbocycles. The van der Waals surface area contributed by atoms with Gasteiger partial charge in [0, 0.05) is 42.6 Å². The normalized spacial score (nSPS) is 16.7. The van der Waals surface area contributed by atoms with Gasteiger partial charge in [-0.3, -0.25) is 14.7 Å². The van der Waals surface area contributed by atoms with Crippen molar-refractivity contribution in [2.24, 2.45) is 0 Å². The molecular weight excluding hydrogens is 356 g/mol. The molecule has 3 heterocycles. The smallest absolute Gasteiger partial charge is 0.272 e. The molecule has 1 aliphatic heterocycles. The maximum atomic E-state index is 12.7. The number of carbonyl (C=O) groups is 1. The summed E-state index contributed by atoms with van der Waals surface area (Å²) < 4.78 is 6.75. The maximum Gasteiger partial charge on any atom is 0.272 e. The second-order valence-corrected chi connectivity index (χ2v) is 7.01. The van der Waals surface area contributed by atoms with Crippen molar-refractivity contribution < 1.29 is 9.53 Å². The highest BCUT2D eigenvalue weighted by molar-refractivity contribution is 5.80. The number of methoxy groups -OCH3 is 1. The van der Waals surface area contributed by atoms with E-state index >= 15 is 0 Å². The van der Waals surface area contributed by atoms with Crippen LogP contribution in [0, 0.1) is 6.92 Å². The van der Waals surface area contributed by atoms with E-state index in [0.717, 1.165) is 22.6 Å². The van der Waals surface area contributed by atoms with Gasteiger partial charge in [-0.2, -0.15) is 0 Å². The topological polar surface area (TPSA) is 79.7 Å². The van der Waals surface area contributed by atoms with Crippen molar-refractivity contribution in [2.45, 2.75) is 19.3 Å². The minimum absolute atomic E-state index is 0.0646. The van der Waals surface area contributed by atoms with Crippen molar-refractivity contribution in [3.8, 4) is 17.0 Å². The first-order valence-corrected chi connectivity index (χ1v) is 9.17. The fraction of sp³-hybridized carbons (Fsp3) is 0.286. The van der Waals surface area contributed by atoms with Crippen LogP contribution in [0.15, 0.2) is 47.8 Å². The van der Waals surface area contributed by atoms with E-state index in [1.165, 1.54) is 10.6 Å². The van der Waals surface area contributed by atoms with E-state index in [4.69, 9.17) is 9.72 Å². The summed E-state index contributed by atoms with van der Waals surface area (Å²) in [4.78, 5) is 31.4. The molecule has 0 radical (unpaired) electrons. The predicted molar refractivity (Wildman–Crippen MR) is 107 cm³/mol. The fourth-order valence-electron chi connectivity index (χ4n) is 3.74. The van der Waals surface area contributed by atoms with Crippen LogP contribution in [0.3, 0.4) is 0 Å². The molecule has 0 saturated carbocycles. The summed E-state index contributed by atoms with van der Waals surface area (Å²) in [5.74, 6) is 0.720. The van der Waals surface area contributed by atoms with Gasteiger partial charge >= 0.3 is 0 Å². The lowest BCUT2D eigenvalue weighted by Crippen LogP contribution is -2.25. The third-order valence-electron chi connectivity index (χ3n) is 5.21. The average molecular weight is 378 g/mol. The van der Waals surface area contributed by atoms with Gasteiger partial charge in [-0.25, -0.2) is 9.50 Å². The summed E-state index contributed by atoms with van der Waals surface area (Å²) in [6.45, 7) is 6.69. The summed E-state index contributed by atoms with van der Waals surface area (Å²) in [5.41, 5.74) is 3.65. The first-order valence-electron chi connectivity index (χ1n) is 9.17. The number of likely N-dealkylation sites (tertiary alicyclic amines) is 1. The summed E-state index contributed by atoms with van der Waals surface area (Å²) in [7, 11) is 1.62. The lowest BCUT2D eigenvalue weighted by atomic mass is 10.0. The highest BCUT2D eigenvalue weighted by atomic mass is 16.5. The predicted octanol–water partition coefficient (Wildman–Crippen LogP) is 2.51. The van der Waals surface area contributed by atoms with Crippen molar-refractivity contribution in [1.29, 1.82) is 0 Å². The Morgan fingerprint density at radius 3 is 2.93 bits per heavy atom. The van der Waals surface area contributed by atoms with Crippen molar-refractivity contribution in [1.82, 2.24) is 19.5 Å². The van der Waals surface area contributed by atoms with Gasteiger partial charge in [0.1, 0.15) is 5.75 Å². The van der Waals surface area contributed by atoms with Crippen molar-refractivity contribution in [3.05, 3.63) is 64.6 Å². The summed E-state index contributed by atoms with van der Waals surface area (Å²) >= 11 is 0. The van der Waals surface area contributed by atoms with Crippen LogP contribution in [-0.2, 0) is 4.79 Å². The molecule has 1 atom stereocenters. The van der Waals surface area contributed by atoms with Crippen molar-refractivity contribution in [3.63, 3.8) is 0 Å². The maximum absolute atomic E-state index is 12.7. The second kappa shape index (κ2) is 6.99. The van der Waals surface area contributed by atoms with Gasteiger partial charge in [0.2, 0.25) is 5.91 Å². The molecular formula is C21H22N4O3. The van der Waals surface area contributed by atoms with E-state index in [9.17, 15) is 9.59 Å². The van der Waals surface area contributed by atoms with Gasteiger partial charge in [0.15, 0.2) is 5.65 Å². The van der Waals surface area contributed by atoms with Crippen LogP contribution in [0.5, 0.6) is 5.75 Å². The summed E-state index contributed by atoms with van der Waals surface area (Å²) in [6, 6.07) is 9.16.